The summed E-state index contributed by atoms with van der Waals surface area (Å²) in [6, 6.07) is 46.5. The van der Waals surface area contributed by atoms with E-state index < -0.39 is 0 Å². The Bertz CT molecular complexity index is 1760. The molecule has 0 aliphatic carbocycles. The maximum absolute atomic E-state index is 2.45. The molecule has 0 amide bonds. The molecule has 0 atom stereocenters. The lowest BCUT2D eigenvalue weighted by Crippen LogP contribution is -2.30. The van der Waals surface area contributed by atoms with Gasteiger partial charge in [0.05, 0.1) is 11.4 Å². The molecule has 0 aromatic heterocycles. The minimum Gasteiger partial charge on any atom is -0.310 e. The summed E-state index contributed by atoms with van der Waals surface area (Å²) in [6.07, 6.45) is 0. The molecule has 0 radical (unpaired) electrons. The number of hydrogen-bond donors (Lipinski definition) is 0. The van der Waals surface area contributed by atoms with Gasteiger partial charge in [0, 0.05) is 11.1 Å². The molecule has 1 heteroatoms. The summed E-state index contributed by atoms with van der Waals surface area (Å²) in [5, 5.41) is 5.12. The van der Waals surface area contributed by atoms with Crippen LogP contribution in [-0.2, 0) is 5.41 Å². The highest BCUT2D eigenvalue weighted by atomic mass is 15.2. The monoisotopic (exact) mass is 461 g/mol. The first-order chi connectivity index (χ1) is 17.6. The molecule has 1 heterocycles. The second kappa shape index (κ2) is 7.83. The second-order valence-electron chi connectivity index (χ2n) is 10.3. The molecule has 1 aliphatic heterocycles. The van der Waals surface area contributed by atoms with Gasteiger partial charge in [-0.05, 0) is 74.1 Å². The molecule has 1 aliphatic rings. The molecular weight excluding hydrogens is 434 g/mol. The van der Waals surface area contributed by atoms with Crippen LogP contribution in [-0.4, -0.2) is 0 Å². The quantitative estimate of drug-likeness (QED) is 0.232. The van der Waals surface area contributed by atoms with Crippen molar-refractivity contribution >= 4 is 38.6 Å². The standard InChI is InChI=1S/C35H27N/c1-35(2)31-14-8-9-15-33(31)36(34-21-19-27(22-32(34)35)24-10-4-3-5-11-24)28-20-18-26-17-16-25-12-6-7-13-29(25)30(26)23-28/h3-23H,1-2H3. The molecule has 0 bridgehead atoms. The number of benzene rings is 6. The largest absolute Gasteiger partial charge is 0.310 e. The molecule has 0 N–H and O–H groups in total. The third-order valence-electron chi connectivity index (χ3n) is 7.82. The third kappa shape index (κ3) is 3.09. The molecule has 0 saturated heterocycles. The topological polar surface area (TPSA) is 3.24 Å². The van der Waals surface area contributed by atoms with Crippen molar-refractivity contribution in [2.45, 2.75) is 19.3 Å². The van der Waals surface area contributed by atoms with E-state index in [0.29, 0.717) is 0 Å². The van der Waals surface area contributed by atoms with Crippen molar-refractivity contribution in [3.05, 3.63) is 139 Å². The SMILES string of the molecule is CC1(C)c2ccccc2N(c2ccc3ccc4ccccc4c3c2)c2ccc(-c3ccccc3)cc21. The number of rotatable bonds is 2. The van der Waals surface area contributed by atoms with Crippen LogP contribution >= 0.6 is 0 Å². The fourth-order valence-corrected chi connectivity index (χ4v) is 5.92. The van der Waals surface area contributed by atoms with E-state index in [1.807, 2.05) is 0 Å². The van der Waals surface area contributed by atoms with Crippen LogP contribution < -0.4 is 4.90 Å². The van der Waals surface area contributed by atoms with Crippen molar-refractivity contribution < 1.29 is 0 Å². The number of nitrogens with zero attached hydrogens (tertiary/aromatic N) is 1. The van der Waals surface area contributed by atoms with Gasteiger partial charge in [0.15, 0.2) is 0 Å². The smallest absolute Gasteiger partial charge is 0.0503 e. The van der Waals surface area contributed by atoms with Gasteiger partial charge < -0.3 is 4.90 Å². The maximum atomic E-state index is 2.45. The molecule has 6 aromatic rings. The van der Waals surface area contributed by atoms with Crippen molar-refractivity contribution in [3.63, 3.8) is 0 Å². The Balaban J connectivity index is 1.49. The van der Waals surface area contributed by atoms with E-state index in [4.69, 9.17) is 0 Å². The van der Waals surface area contributed by atoms with Gasteiger partial charge in [-0.3, -0.25) is 0 Å². The summed E-state index contributed by atoms with van der Waals surface area (Å²) in [7, 11) is 0. The van der Waals surface area contributed by atoms with Crippen LogP contribution in [0.5, 0.6) is 0 Å². The maximum Gasteiger partial charge on any atom is 0.0503 e. The van der Waals surface area contributed by atoms with E-state index in [-0.39, 0.29) is 5.41 Å². The number of fused-ring (bicyclic) bond motifs is 5. The van der Waals surface area contributed by atoms with E-state index in [9.17, 15) is 0 Å². The Hall–Kier alpha value is -4.36. The number of hydrogen-bond acceptors (Lipinski definition) is 1. The van der Waals surface area contributed by atoms with Gasteiger partial charge in [-0.1, -0.05) is 111 Å². The van der Waals surface area contributed by atoms with E-state index in [1.54, 1.807) is 0 Å². The van der Waals surface area contributed by atoms with E-state index in [0.717, 1.165) is 0 Å². The van der Waals surface area contributed by atoms with Gasteiger partial charge >= 0.3 is 0 Å². The van der Waals surface area contributed by atoms with E-state index in [1.165, 1.54) is 60.9 Å². The summed E-state index contributed by atoms with van der Waals surface area (Å²) in [5.41, 5.74) is 8.78. The molecule has 0 fully saturated rings. The van der Waals surface area contributed by atoms with Crippen LogP contribution in [0.1, 0.15) is 25.0 Å². The molecular formula is C35H27N. The van der Waals surface area contributed by atoms with Crippen LogP contribution in [0, 0.1) is 0 Å². The van der Waals surface area contributed by atoms with E-state index >= 15 is 0 Å². The Morgan fingerprint density at radius 3 is 2.00 bits per heavy atom. The van der Waals surface area contributed by atoms with Crippen LogP contribution in [0.4, 0.5) is 17.1 Å². The highest BCUT2D eigenvalue weighted by Crippen LogP contribution is 2.52. The van der Waals surface area contributed by atoms with Crippen molar-refractivity contribution in [3.8, 4) is 11.1 Å². The minimum atomic E-state index is -0.114. The summed E-state index contributed by atoms with van der Waals surface area (Å²) in [5.74, 6) is 0. The number of anilines is 3. The lowest BCUT2D eigenvalue weighted by molar-refractivity contribution is 0.632. The zero-order valence-corrected chi connectivity index (χ0v) is 20.6. The Labute approximate surface area is 212 Å². The van der Waals surface area contributed by atoms with Gasteiger partial charge in [0.25, 0.3) is 0 Å². The second-order valence-corrected chi connectivity index (χ2v) is 10.3. The molecule has 0 spiro atoms. The summed E-state index contributed by atoms with van der Waals surface area (Å²) in [6.45, 7) is 4.70. The van der Waals surface area contributed by atoms with Crippen molar-refractivity contribution in [2.24, 2.45) is 0 Å². The highest BCUT2D eigenvalue weighted by Gasteiger charge is 2.37. The van der Waals surface area contributed by atoms with Crippen molar-refractivity contribution in [1.29, 1.82) is 0 Å². The van der Waals surface area contributed by atoms with Crippen molar-refractivity contribution in [2.75, 3.05) is 4.90 Å². The number of para-hydroxylation sites is 1. The molecule has 36 heavy (non-hydrogen) atoms. The Morgan fingerprint density at radius 1 is 0.472 bits per heavy atom. The van der Waals surface area contributed by atoms with Crippen LogP contribution in [0.2, 0.25) is 0 Å². The molecule has 7 rings (SSSR count). The van der Waals surface area contributed by atoms with Gasteiger partial charge in [-0.25, -0.2) is 0 Å². The van der Waals surface area contributed by atoms with Crippen LogP contribution in [0.25, 0.3) is 32.7 Å². The normalized spacial score (nSPS) is 14.0. The first kappa shape index (κ1) is 21.0. The first-order valence-electron chi connectivity index (χ1n) is 12.6. The average Bonchev–Trinajstić information content (AvgIpc) is 2.93. The Kier molecular flexibility index (Phi) is 4.56. The first-order valence-corrected chi connectivity index (χ1v) is 12.6. The van der Waals surface area contributed by atoms with Crippen molar-refractivity contribution in [1.82, 2.24) is 0 Å². The minimum absolute atomic E-state index is 0.114. The molecule has 6 aromatic carbocycles. The molecule has 172 valence electrons. The fourth-order valence-electron chi connectivity index (χ4n) is 5.92. The van der Waals surface area contributed by atoms with E-state index in [2.05, 4.69) is 146 Å². The predicted molar refractivity (Wildman–Crippen MR) is 154 cm³/mol. The summed E-state index contributed by atoms with van der Waals surface area (Å²) >= 11 is 0. The van der Waals surface area contributed by atoms with Gasteiger partial charge in [-0.2, -0.15) is 0 Å². The van der Waals surface area contributed by atoms with Crippen LogP contribution in [0.15, 0.2) is 127 Å². The summed E-state index contributed by atoms with van der Waals surface area (Å²) < 4.78 is 0. The molecule has 0 unspecified atom stereocenters. The van der Waals surface area contributed by atoms with Gasteiger partial charge in [0.1, 0.15) is 0 Å². The Morgan fingerprint density at radius 2 is 1.14 bits per heavy atom. The lowest BCUT2D eigenvalue weighted by atomic mass is 9.73. The zero-order chi connectivity index (χ0) is 24.3. The molecule has 0 saturated carbocycles. The third-order valence-corrected chi connectivity index (χ3v) is 7.82. The predicted octanol–water partition coefficient (Wildman–Crippen LogP) is 9.77. The average molecular weight is 462 g/mol. The lowest BCUT2D eigenvalue weighted by Gasteiger charge is -2.42. The summed E-state index contributed by atoms with van der Waals surface area (Å²) in [4.78, 5) is 2.45. The highest BCUT2D eigenvalue weighted by molar-refractivity contribution is 6.09. The van der Waals surface area contributed by atoms with Crippen LogP contribution in [0.3, 0.4) is 0 Å². The zero-order valence-electron chi connectivity index (χ0n) is 20.6. The fraction of sp³-hybridized carbons (Fsp3) is 0.0857. The van der Waals surface area contributed by atoms with Gasteiger partial charge in [0.2, 0.25) is 0 Å². The van der Waals surface area contributed by atoms with Gasteiger partial charge in [-0.15, -0.1) is 0 Å². The molecule has 1 nitrogen and oxygen atoms in total.